The molecule has 0 bridgehead atoms. The Kier molecular flexibility index (Phi) is 5.44. The van der Waals surface area contributed by atoms with E-state index in [4.69, 9.17) is 28.9 Å². The molecule has 0 radical (unpaired) electrons. The van der Waals surface area contributed by atoms with Gasteiger partial charge in [-0.25, -0.2) is 8.78 Å². The van der Waals surface area contributed by atoms with Crippen molar-refractivity contribution in [2.45, 2.75) is 12.3 Å². The van der Waals surface area contributed by atoms with Gasteiger partial charge in [0.05, 0.1) is 23.8 Å². The van der Waals surface area contributed by atoms with Gasteiger partial charge in [0.2, 0.25) is 11.8 Å². The van der Waals surface area contributed by atoms with Crippen LogP contribution in [0.25, 0.3) is 0 Å². The number of hydrogen-bond acceptors (Lipinski definition) is 3. The van der Waals surface area contributed by atoms with E-state index in [0.717, 1.165) is 0 Å². The lowest BCUT2D eigenvalue weighted by Crippen LogP contribution is -2.45. The number of amides is 2. The molecule has 1 fully saturated rings. The van der Waals surface area contributed by atoms with Crippen LogP contribution in [0.5, 0.6) is 0 Å². The van der Waals surface area contributed by atoms with E-state index >= 15 is 0 Å². The van der Waals surface area contributed by atoms with Crippen molar-refractivity contribution >= 4 is 40.7 Å². The van der Waals surface area contributed by atoms with E-state index in [2.05, 4.69) is 5.32 Å². The SMILES string of the molecule is NCC(F)(F)CNC(=O)C1CCN(c2cc(Cl)ccc2Cl)C1=O. The molecule has 2 amide bonds. The molecule has 1 atom stereocenters. The minimum absolute atomic E-state index is 0.210. The Balaban J connectivity index is 2.07. The Bertz CT molecular complexity index is 628. The lowest BCUT2D eigenvalue weighted by molar-refractivity contribution is -0.133. The fourth-order valence-corrected chi connectivity index (χ4v) is 2.65. The van der Waals surface area contributed by atoms with Gasteiger partial charge in [-0.1, -0.05) is 23.2 Å². The highest BCUT2D eigenvalue weighted by molar-refractivity contribution is 6.36. The molecule has 1 saturated heterocycles. The molecule has 0 spiro atoms. The Morgan fingerprint density at radius 2 is 2.13 bits per heavy atom. The van der Waals surface area contributed by atoms with E-state index < -0.39 is 36.7 Å². The zero-order valence-electron chi connectivity index (χ0n) is 12.0. The molecule has 1 aromatic carbocycles. The van der Waals surface area contributed by atoms with Crippen molar-refractivity contribution in [2.24, 2.45) is 11.7 Å². The minimum Gasteiger partial charge on any atom is -0.349 e. The van der Waals surface area contributed by atoms with Crippen LogP contribution in [0.15, 0.2) is 18.2 Å². The number of nitrogens with zero attached hydrogens (tertiary/aromatic N) is 1. The molecule has 9 heteroatoms. The molecule has 1 aromatic rings. The molecule has 126 valence electrons. The fraction of sp³-hybridized carbons (Fsp3) is 0.429. The summed E-state index contributed by atoms with van der Waals surface area (Å²) in [5.74, 6) is -5.47. The average molecular weight is 366 g/mol. The molecule has 1 heterocycles. The summed E-state index contributed by atoms with van der Waals surface area (Å²) in [6.07, 6.45) is 0.210. The Morgan fingerprint density at radius 3 is 2.78 bits per heavy atom. The van der Waals surface area contributed by atoms with Gasteiger partial charge in [0.25, 0.3) is 5.92 Å². The number of anilines is 1. The number of nitrogens with one attached hydrogen (secondary N) is 1. The second-order valence-corrected chi connectivity index (χ2v) is 6.05. The van der Waals surface area contributed by atoms with Gasteiger partial charge in [0.15, 0.2) is 0 Å². The molecule has 1 aliphatic rings. The van der Waals surface area contributed by atoms with Crippen molar-refractivity contribution in [1.82, 2.24) is 5.32 Å². The monoisotopic (exact) mass is 365 g/mol. The summed E-state index contributed by atoms with van der Waals surface area (Å²) in [6.45, 7) is -1.52. The first kappa shape index (κ1) is 17.9. The second kappa shape index (κ2) is 6.98. The molecular weight excluding hydrogens is 351 g/mol. The highest BCUT2D eigenvalue weighted by Crippen LogP contribution is 2.33. The molecule has 1 unspecified atom stereocenters. The summed E-state index contributed by atoms with van der Waals surface area (Å²) in [5.41, 5.74) is 5.29. The first-order chi connectivity index (χ1) is 10.7. The topological polar surface area (TPSA) is 75.4 Å². The van der Waals surface area contributed by atoms with Crippen molar-refractivity contribution in [3.05, 3.63) is 28.2 Å². The van der Waals surface area contributed by atoms with Crippen molar-refractivity contribution in [1.29, 1.82) is 0 Å². The standard InChI is InChI=1S/C14H15Cl2F2N3O2/c15-8-1-2-10(16)11(5-8)21-4-3-9(13(21)23)12(22)20-7-14(17,18)6-19/h1-2,5,9H,3-4,6-7,19H2,(H,20,22). The predicted octanol–water partition coefficient (Wildman–Crippen LogP) is 2.06. The molecule has 0 saturated carbocycles. The van der Waals surface area contributed by atoms with Crippen LogP contribution in [0.1, 0.15) is 6.42 Å². The smallest absolute Gasteiger partial charge is 0.277 e. The predicted molar refractivity (Wildman–Crippen MR) is 83.9 cm³/mol. The Labute approximate surface area is 141 Å². The molecule has 1 aliphatic heterocycles. The van der Waals surface area contributed by atoms with E-state index in [0.29, 0.717) is 15.7 Å². The van der Waals surface area contributed by atoms with Gasteiger partial charge in [0.1, 0.15) is 5.92 Å². The molecule has 0 aromatic heterocycles. The number of carbonyl (C=O) groups is 2. The van der Waals surface area contributed by atoms with Crippen LogP contribution in [0.2, 0.25) is 10.0 Å². The van der Waals surface area contributed by atoms with Crippen molar-refractivity contribution < 1.29 is 18.4 Å². The van der Waals surface area contributed by atoms with Gasteiger partial charge in [-0.3, -0.25) is 9.59 Å². The lowest BCUT2D eigenvalue weighted by Gasteiger charge is -2.19. The highest BCUT2D eigenvalue weighted by Gasteiger charge is 2.39. The zero-order valence-corrected chi connectivity index (χ0v) is 13.5. The van der Waals surface area contributed by atoms with Gasteiger partial charge < -0.3 is 16.0 Å². The van der Waals surface area contributed by atoms with E-state index in [1.165, 1.54) is 11.0 Å². The van der Waals surface area contributed by atoms with Gasteiger partial charge in [0, 0.05) is 11.6 Å². The molecule has 2 rings (SSSR count). The van der Waals surface area contributed by atoms with E-state index in [1.54, 1.807) is 12.1 Å². The van der Waals surface area contributed by atoms with Crippen LogP contribution >= 0.6 is 23.2 Å². The van der Waals surface area contributed by atoms with E-state index in [9.17, 15) is 18.4 Å². The fourth-order valence-electron chi connectivity index (χ4n) is 2.27. The minimum atomic E-state index is -3.20. The van der Waals surface area contributed by atoms with Crippen molar-refractivity contribution in [3.63, 3.8) is 0 Å². The number of nitrogens with two attached hydrogens (primary N) is 1. The first-order valence-electron chi connectivity index (χ1n) is 6.87. The maximum atomic E-state index is 13.1. The number of benzene rings is 1. The van der Waals surface area contributed by atoms with Gasteiger partial charge >= 0.3 is 0 Å². The number of alkyl halides is 2. The number of carbonyl (C=O) groups excluding carboxylic acids is 2. The molecule has 0 aliphatic carbocycles. The first-order valence-corrected chi connectivity index (χ1v) is 7.63. The zero-order chi connectivity index (χ0) is 17.2. The third kappa shape index (κ3) is 4.10. The maximum absolute atomic E-state index is 13.1. The molecule has 3 N–H and O–H groups in total. The van der Waals surface area contributed by atoms with E-state index in [-0.39, 0.29) is 13.0 Å². The number of halogens is 4. The van der Waals surface area contributed by atoms with Crippen LogP contribution in [-0.2, 0) is 9.59 Å². The Morgan fingerprint density at radius 1 is 1.43 bits per heavy atom. The quantitative estimate of drug-likeness (QED) is 0.784. The molecular formula is C14H15Cl2F2N3O2. The van der Waals surface area contributed by atoms with Crippen molar-refractivity contribution in [3.8, 4) is 0 Å². The van der Waals surface area contributed by atoms with Crippen LogP contribution in [0.4, 0.5) is 14.5 Å². The van der Waals surface area contributed by atoms with Crippen LogP contribution < -0.4 is 16.0 Å². The molecule has 5 nitrogen and oxygen atoms in total. The lowest BCUT2D eigenvalue weighted by atomic mass is 10.1. The summed E-state index contributed by atoms with van der Waals surface area (Å²) >= 11 is 11.9. The van der Waals surface area contributed by atoms with Crippen LogP contribution in [-0.4, -0.2) is 37.4 Å². The summed E-state index contributed by atoms with van der Waals surface area (Å²) in [4.78, 5) is 25.6. The van der Waals surface area contributed by atoms with Gasteiger partial charge in [-0.15, -0.1) is 0 Å². The third-order valence-electron chi connectivity index (χ3n) is 3.54. The summed E-state index contributed by atoms with van der Waals surface area (Å²) in [6, 6.07) is 4.64. The van der Waals surface area contributed by atoms with Gasteiger partial charge in [-0.2, -0.15) is 0 Å². The third-order valence-corrected chi connectivity index (χ3v) is 4.10. The largest absolute Gasteiger partial charge is 0.349 e. The normalized spacial score (nSPS) is 18.4. The van der Waals surface area contributed by atoms with Gasteiger partial charge in [-0.05, 0) is 24.6 Å². The summed E-state index contributed by atoms with van der Waals surface area (Å²) < 4.78 is 26.1. The highest BCUT2D eigenvalue weighted by atomic mass is 35.5. The van der Waals surface area contributed by atoms with Crippen LogP contribution in [0, 0.1) is 5.92 Å². The maximum Gasteiger partial charge on any atom is 0.277 e. The summed E-state index contributed by atoms with van der Waals surface area (Å²) in [5, 5.41) is 2.78. The van der Waals surface area contributed by atoms with Crippen molar-refractivity contribution in [2.75, 3.05) is 24.5 Å². The molecule has 23 heavy (non-hydrogen) atoms. The second-order valence-electron chi connectivity index (χ2n) is 5.20. The number of hydrogen-bond donors (Lipinski definition) is 2. The number of rotatable bonds is 5. The van der Waals surface area contributed by atoms with E-state index in [1.807, 2.05) is 0 Å². The Hall–Kier alpha value is -1.44. The summed E-state index contributed by atoms with van der Waals surface area (Å²) in [7, 11) is 0. The average Bonchev–Trinajstić information content (AvgIpc) is 2.89. The van der Waals surface area contributed by atoms with Crippen LogP contribution in [0.3, 0.4) is 0 Å².